The van der Waals surface area contributed by atoms with E-state index < -0.39 is 22.1 Å². The number of benzene rings is 1. The molecule has 1 unspecified atom stereocenters. The largest absolute Gasteiger partial charge is 0.573 e. The highest BCUT2D eigenvalue weighted by Gasteiger charge is 2.33. The second-order valence-electron chi connectivity index (χ2n) is 5.45. The van der Waals surface area contributed by atoms with Crippen molar-refractivity contribution in [1.29, 1.82) is 0 Å². The van der Waals surface area contributed by atoms with Gasteiger partial charge in [0.2, 0.25) is 10.0 Å². The lowest BCUT2D eigenvalue weighted by Gasteiger charge is -2.31. The average Bonchev–Trinajstić information content (AvgIpc) is 2.46. The predicted octanol–water partition coefficient (Wildman–Crippen LogP) is 2.63. The Morgan fingerprint density at radius 1 is 1.38 bits per heavy atom. The summed E-state index contributed by atoms with van der Waals surface area (Å²) in [5.41, 5.74) is 0. The van der Waals surface area contributed by atoms with Crippen molar-refractivity contribution in [2.75, 3.05) is 26.7 Å². The van der Waals surface area contributed by atoms with Gasteiger partial charge < -0.3 is 10.1 Å². The molecule has 1 heterocycles. The predicted molar refractivity (Wildman–Crippen MR) is 85.8 cm³/mol. The minimum Gasteiger partial charge on any atom is -0.406 e. The van der Waals surface area contributed by atoms with Gasteiger partial charge in [-0.2, -0.15) is 4.31 Å². The van der Waals surface area contributed by atoms with Gasteiger partial charge in [0, 0.05) is 19.2 Å². The number of ether oxygens (including phenoxy) is 1. The van der Waals surface area contributed by atoms with Crippen LogP contribution in [0.4, 0.5) is 13.2 Å². The van der Waals surface area contributed by atoms with Crippen LogP contribution in [-0.2, 0) is 10.0 Å². The minimum absolute atomic E-state index is 0. The van der Waals surface area contributed by atoms with Crippen LogP contribution < -0.4 is 10.1 Å². The number of hydrogen-bond acceptors (Lipinski definition) is 4. The molecule has 1 aliphatic heterocycles. The second-order valence-corrected chi connectivity index (χ2v) is 7.39. The third-order valence-corrected chi connectivity index (χ3v) is 5.51. The molecule has 2 rings (SSSR count). The summed E-state index contributed by atoms with van der Waals surface area (Å²) in [6.45, 7) is 1.42. The van der Waals surface area contributed by atoms with Crippen molar-refractivity contribution in [2.45, 2.75) is 24.1 Å². The number of rotatable bonds is 5. The number of sulfonamides is 1. The van der Waals surface area contributed by atoms with E-state index in [2.05, 4.69) is 10.1 Å². The summed E-state index contributed by atoms with van der Waals surface area (Å²) in [4.78, 5) is -0.190. The molecule has 0 spiro atoms. The van der Waals surface area contributed by atoms with Crippen molar-refractivity contribution in [3.8, 4) is 5.75 Å². The van der Waals surface area contributed by atoms with E-state index in [4.69, 9.17) is 0 Å². The third kappa shape index (κ3) is 5.51. The summed E-state index contributed by atoms with van der Waals surface area (Å²) in [6.07, 6.45) is -3.21. The molecule has 1 N–H and O–H groups in total. The van der Waals surface area contributed by atoms with Crippen LogP contribution in [0.1, 0.15) is 12.8 Å². The van der Waals surface area contributed by atoms with Crippen molar-refractivity contribution in [1.82, 2.24) is 9.62 Å². The maximum Gasteiger partial charge on any atom is 0.573 e. The first-order valence-corrected chi connectivity index (χ1v) is 8.67. The molecule has 0 aromatic heterocycles. The number of piperidine rings is 1. The van der Waals surface area contributed by atoms with Crippen LogP contribution >= 0.6 is 12.4 Å². The zero-order chi connectivity index (χ0) is 17.1. The molecular formula is C14H20ClF3N2O3S. The second kappa shape index (κ2) is 8.37. The highest BCUT2D eigenvalue weighted by Crippen LogP contribution is 2.28. The Bertz CT molecular complexity index is 638. The van der Waals surface area contributed by atoms with Crippen LogP contribution in [0.5, 0.6) is 5.75 Å². The number of halogens is 4. The molecule has 0 amide bonds. The van der Waals surface area contributed by atoms with Crippen molar-refractivity contribution in [3.63, 3.8) is 0 Å². The lowest BCUT2D eigenvalue weighted by molar-refractivity contribution is -0.274. The third-order valence-electron chi connectivity index (χ3n) is 3.65. The Labute approximate surface area is 145 Å². The topological polar surface area (TPSA) is 58.6 Å². The van der Waals surface area contributed by atoms with Gasteiger partial charge in [0.05, 0.1) is 4.90 Å². The lowest BCUT2D eigenvalue weighted by Crippen LogP contribution is -2.42. The first-order valence-electron chi connectivity index (χ1n) is 7.23. The highest BCUT2D eigenvalue weighted by atomic mass is 35.5. The molecule has 1 aromatic rings. The molecule has 1 atom stereocenters. The van der Waals surface area contributed by atoms with Crippen molar-refractivity contribution < 1.29 is 26.3 Å². The van der Waals surface area contributed by atoms with E-state index in [1.54, 1.807) is 7.05 Å². The minimum atomic E-state index is -4.86. The van der Waals surface area contributed by atoms with Gasteiger partial charge in [-0.05, 0) is 44.5 Å². The Kier molecular flexibility index (Phi) is 7.33. The van der Waals surface area contributed by atoms with Crippen molar-refractivity contribution in [2.24, 2.45) is 5.92 Å². The summed E-state index contributed by atoms with van der Waals surface area (Å²) >= 11 is 0. The number of alkyl halides is 3. The smallest absolute Gasteiger partial charge is 0.406 e. The molecule has 5 nitrogen and oxygen atoms in total. The van der Waals surface area contributed by atoms with Crippen LogP contribution in [0, 0.1) is 5.92 Å². The molecule has 1 saturated heterocycles. The molecule has 1 aromatic carbocycles. The summed E-state index contributed by atoms with van der Waals surface area (Å²) in [7, 11) is -2.04. The van der Waals surface area contributed by atoms with Gasteiger partial charge in [0.1, 0.15) is 5.75 Å². The molecule has 0 aliphatic carbocycles. The van der Waals surface area contributed by atoms with Crippen LogP contribution in [0.3, 0.4) is 0 Å². The Hall–Kier alpha value is -1.03. The van der Waals surface area contributed by atoms with Crippen LogP contribution in [-0.4, -0.2) is 45.8 Å². The van der Waals surface area contributed by atoms with Gasteiger partial charge in [-0.25, -0.2) is 8.42 Å². The van der Waals surface area contributed by atoms with Crippen molar-refractivity contribution >= 4 is 22.4 Å². The number of nitrogens with one attached hydrogen (secondary N) is 1. The molecule has 0 bridgehead atoms. The molecule has 1 fully saturated rings. The van der Waals surface area contributed by atoms with Gasteiger partial charge >= 0.3 is 6.36 Å². The van der Waals surface area contributed by atoms with Crippen molar-refractivity contribution in [3.05, 3.63) is 24.3 Å². The summed E-state index contributed by atoms with van der Waals surface area (Å²) < 4.78 is 67.2. The molecule has 24 heavy (non-hydrogen) atoms. The van der Waals surface area contributed by atoms with E-state index in [-0.39, 0.29) is 23.2 Å². The van der Waals surface area contributed by atoms with E-state index >= 15 is 0 Å². The fourth-order valence-corrected chi connectivity index (χ4v) is 4.27. The monoisotopic (exact) mass is 388 g/mol. The molecule has 0 saturated carbocycles. The molecule has 138 valence electrons. The van der Waals surface area contributed by atoms with Gasteiger partial charge in [0.25, 0.3) is 0 Å². The zero-order valence-corrected chi connectivity index (χ0v) is 14.7. The Balaban J connectivity index is 0.00000288. The maximum atomic E-state index is 12.6. The van der Waals surface area contributed by atoms with E-state index in [9.17, 15) is 21.6 Å². The van der Waals surface area contributed by atoms with Gasteiger partial charge in [-0.1, -0.05) is 6.07 Å². The molecule has 0 radical (unpaired) electrons. The van der Waals surface area contributed by atoms with E-state index in [0.717, 1.165) is 25.0 Å². The normalized spacial score (nSPS) is 19.6. The standard InChI is InChI=1S/C14H19F3N2O3S.ClH/c1-18-9-11-4-3-7-19(10-11)23(20,21)13-6-2-5-12(8-13)22-14(15,16)17;/h2,5-6,8,11,18H,3-4,7,9-10H2,1H3;1H. The van der Waals surface area contributed by atoms with Gasteiger partial charge in [0.15, 0.2) is 0 Å². The molecule has 1 aliphatic rings. The van der Waals surface area contributed by atoms with E-state index in [1.807, 2.05) is 0 Å². The van der Waals surface area contributed by atoms with E-state index in [1.165, 1.54) is 16.4 Å². The van der Waals surface area contributed by atoms with Crippen LogP contribution in [0.15, 0.2) is 29.2 Å². The maximum absolute atomic E-state index is 12.6. The SMILES string of the molecule is CNCC1CCCN(S(=O)(=O)c2cccc(OC(F)(F)F)c2)C1.Cl. The first-order chi connectivity index (χ1) is 10.7. The average molecular weight is 389 g/mol. The first kappa shape index (κ1) is 21.0. The van der Waals surface area contributed by atoms with Crippen LogP contribution in [0.25, 0.3) is 0 Å². The molecular weight excluding hydrogens is 369 g/mol. The van der Waals surface area contributed by atoms with E-state index in [0.29, 0.717) is 19.6 Å². The number of nitrogens with zero attached hydrogens (tertiary/aromatic N) is 1. The van der Waals surface area contributed by atoms with Gasteiger partial charge in [-0.15, -0.1) is 25.6 Å². The fourth-order valence-electron chi connectivity index (χ4n) is 2.68. The number of hydrogen-bond donors (Lipinski definition) is 1. The Morgan fingerprint density at radius 2 is 2.08 bits per heavy atom. The highest BCUT2D eigenvalue weighted by molar-refractivity contribution is 7.89. The lowest BCUT2D eigenvalue weighted by atomic mass is 10.00. The zero-order valence-electron chi connectivity index (χ0n) is 13.0. The summed E-state index contributed by atoms with van der Waals surface area (Å²) in [5.74, 6) is -0.347. The summed E-state index contributed by atoms with van der Waals surface area (Å²) in [6, 6.07) is 4.50. The van der Waals surface area contributed by atoms with Gasteiger partial charge in [-0.3, -0.25) is 0 Å². The molecule has 10 heteroatoms. The quantitative estimate of drug-likeness (QED) is 0.842. The van der Waals surface area contributed by atoms with Crippen LogP contribution in [0.2, 0.25) is 0 Å². The Morgan fingerprint density at radius 3 is 2.71 bits per heavy atom. The summed E-state index contributed by atoms with van der Waals surface area (Å²) in [5, 5.41) is 3.02. The fraction of sp³-hybridized carbons (Fsp3) is 0.571.